The maximum Gasteiger partial charge on any atom is 0.627 e. The van der Waals surface area contributed by atoms with Crippen LogP contribution in [0.5, 0.6) is 0 Å². The summed E-state index contributed by atoms with van der Waals surface area (Å²) in [4.78, 5) is 0. The molecular formula is C4H8B2O5. The lowest BCUT2D eigenvalue weighted by atomic mass is 10.1. The summed E-state index contributed by atoms with van der Waals surface area (Å²) in [5.41, 5.74) is 0. The molecule has 2 aliphatic rings. The molecular weight excluding hydrogens is 150 g/mol. The molecule has 11 heavy (non-hydrogen) atoms. The van der Waals surface area contributed by atoms with Crippen LogP contribution in [0.4, 0.5) is 0 Å². The van der Waals surface area contributed by atoms with Gasteiger partial charge in [-0.05, 0) is 0 Å². The molecule has 60 valence electrons. The van der Waals surface area contributed by atoms with E-state index < -0.39 is 14.6 Å². The van der Waals surface area contributed by atoms with Crippen LogP contribution in [0.15, 0.2) is 0 Å². The van der Waals surface area contributed by atoms with E-state index in [2.05, 4.69) is 0 Å². The second-order valence-corrected chi connectivity index (χ2v) is 2.20. The Labute approximate surface area is 65.2 Å². The van der Waals surface area contributed by atoms with Crippen LogP contribution in [-0.2, 0) is 23.2 Å². The van der Waals surface area contributed by atoms with Crippen molar-refractivity contribution in [3.63, 3.8) is 0 Å². The first kappa shape index (κ1) is 7.57. The third kappa shape index (κ3) is 1.94. The standard InChI is InChI=1S/C4H8B2O5/c1-2-8-5(7-1)11-6-9-3-4-10-6/h1-4H2. The van der Waals surface area contributed by atoms with Crippen LogP contribution in [0.25, 0.3) is 0 Å². The Kier molecular flexibility index (Phi) is 2.45. The van der Waals surface area contributed by atoms with E-state index in [0.29, 0.717) is 26.4 Å². The zero-order valence-corrected chi connectivity index (χ0v) is 6.02. The molecule has 2 fully saturated rings. The molecule has 7 heteroatoms. The van der Waals surface area contributed by atoms with Crippen LogP contribution in [0.3, 0.4) is 0 Å². The van der Waals surface area contributed by atoms with Crippen molar-refractivity contribution in [2.24, 2.45) is 0 Å². The van der Waals surface area contributed by atoms with Crippen molar-refractivity contribution in [3.05, 3.63) is 0 Å². The smallest absolute Gasteiger partial charge is 0.399 e. The Bertz CT molecular complexity index is 108. The average molecular weight is 158 g/mol. The lowest BCUT2D eigenvalue weighted by Gasteiger charge is -2.06. The highest BCUT2D eigenvalue weighted by atomic mass is 16.8. The molecule has 0 bridgehead atoms. The second kappa shape index (κ2) is 3.55. The van der Waals surface area contributed by atoms with Crippen molar-refractivity contribution in [3.8, 4) is 0 Å². The zero-order chi connectivity index (χ0) is 7.52. The van der Waals surface area contributed by atoms with E-state index in [0.717, 1.165) is 0 Å². The van der Waals surface area contributed by atoms with Crippen LogP contribution >= 0.6 is 0 Å². The van der Waals surface area contributed by atoms with Crippen molar-refractivity contribution < 1.29 is 23.2 Å². The van der Waals surface area contributed by atoms with Crippen LogP contribution in [0.1, 0.15) is 0 Å². The summed E-state index contributed by atoms with van der Waals surface area (Å²) >= 11 is 0. The lowest BCUT2D eigenvalue weighted by molar-refractivity contribution is 0.200. The molecule has 0 N–H and O–H groups in total. The normalized spacial score (nSPS) is 25.1. The Morgan fingerprint density at radius 3 is 1.45 bits per heavy atom. The molecule has 0 saturated carbocycles. The molecule has 2 saturated heterocycles. The maximum atomic E-state index is 5.08. The monoisotopic (exact) mass is 158 g/mol. The summed E-state index contributed by atoms with van der Waals surface area (Å²) in [7, 11) is -1.23. The number of rotatable bonds is 2. The van der Waals surface area contributed by atoms with Gasteiger partial charge in [-0.1, -0.05) is 0 Å². The predicted octanol–water partition coefficient (Wildman–Crippen LogP) is -0.934. The first-order valence-corrected chi connectivity index (χ1v) is 3.57. The van der Waals surface area contributed by atoms with Crippen LogP contribution < -0.4 is 0 Å². The molecule has 2 heterocycles. The summed E-state index contributed by atoms with van der Waals surface area (Å²) in [5, 5.41) is 0. The SMILES string of the molecule is C1COB(OB2OCCO2)O1. The highest BCUT2D eigenvalue weighted by Gasteiger charge is 2.37. The van der Waals surface area contributed by atoms with E-state index in [1.807, 2.05) is 0 Å². The van der Waals surface area contributed by atoms with Crippen molar-refractivity contribution in [2.45, 2.75) is 0 Å². The van der Waals surface area contributed by atoms with E-state index in [4.69, 9.17) is 23.2 Å². The van der Waals surface area contributed by atoms with Gasteiger partial charge in [-0.25, -0.2) is 0 Å². The van der Waals surface area contributed by atoms with Crippen molar-refractivity contribution >= 4 is 14.6 Å². The summed E-state index contributed by atoms with van der Waals surface area (Å²) in [6.07, 6.45) is 0. The maximum absolute atomic E-state index is 5.08. The minimum absolute atomic E-state index is 0.567. The van der Waals surface area contributed by atoms with Crippen LogP contribution in [0.2, 0.25) is 0 Å². The van der Waals surface area contributed by atoms with Crippen molar-refractivity contribution in [1.29, 1.82) is 0 Å². The van der Waals surface area contributed by atoms with Gasteiger partial charge in [-0.2, -0.15) is 0 Å². The van der Waals surface area contributed by atoms with Crippen LogP contribution in [-0.4, -0.2) is 41.1 Å². The van der Waals surface area contributed by atoms with Crippen molar-refractivity contribution in [1.82, 2.24) is 0 Å². The Morgan fingerprint density at radius 1 is 0.727 bits per heavy atom. The fraction of sp³-hybridized carbons (Fsp3) is 1.00. The van der Waals surface area contributed by atoms with E-state index >= 15 is 0 Å². The number of hydrogen-bond donors (Lipinski definition) is 0. The quantitative estimate of drug-likeness (QED) is 0.485. The summed E-state index contributed by atoms with van der Waals surface area (Å²) < 4.78 is 25.1. The van der Waals surface area contributed by atoms with Crippen LogP contribution in [0, 0.1) is 0 Å². The van der Waals surface area contributed by atoms with Gasteiger partial charge in [0.05, 0.1) is 26.4 Å². The molecule has 0 aliphatic carbocycles. The third-order valence-corrected chi connectivity index (χ3v) is 1.40. The van der Waals surface area contributed by atoms with Gasteiger partial charge in [0, 0.05) is 0 Å². The highest BCUT2D eigenvalue weighted by Crippen LogP contribution is 2.07. The molecule has 0 aromatic heterocycles. The molecule has 0 amide bonds. The molecule has 0 aromatic rings. The predicted molar refractivity (Wildman–Crippen MR) is 36.4 cm³/mol. The van der Waals surface area contributed by atoms with Crippen molar-refractivity contribution in [2.75, 3.05) is 26.4 Å². The molecule has 2 rings (SSSR count). The van der Waals surface area contributed by atoms with Gasteiger partial charge in [0.1, 0.15) is 0 Å². The summed E-state index contributed by atoms with van der Waals surface area (Å²) in [6, 6.07) is 0. The van der Waals surface area contributed by atoms with Gasteiger partial charge in [0.15, 0.2) is 0 Å². The molecule has 0 radical (unpaired) electrons. The average Bonchev–Trinajstić information content (AvgIpc) is 2.60. The number of hydrogen-bond acceptors (Lipinski definition) is 5. The Hall–Kier alpha value is -0.0701. The van der Waals surface area contributed by atoms with Gasteiger partial charge >= 0.3 is 14.6 Å². The van der Waals surface area contributed by atoms with Gasteiger partial charge in [-0.15, -0.1) is 0 Å². The molecule has 0 atom stereocenters. The fourth-order valence-electron chi connectivity index (χ4n) is 0.921. The first-order valence-electron chi connectivity index (χ1n) is 3.57. The third-order valence-electron chi connectivity index (χ3n) is 1.40. The highest BCUT2D eigenvalue weighted by molar-refractivity contribution is 6.52. The van der Waals surface area contributed by atoms with Gasteiger partial charge in [0.25, 0.3) is 0 Å². The first-order chi connectivity index (χ1) is 5.45. The summed E-state index contributed by atoms with van der Waals surface area (Å²) in [6.45, 7) is 2.27. The Morgan fingerprint density at radius 2 is 1.09 bits per heavy atom. The van der Waals surface area contributed by atoms with Gasteiger partial charge < -0.3 is 23.2 Å². The largest absolute Gasteiger partial charge is 0.627 e. The topological polar surface area (TPSA) is 46.2 Å². The van der Waals surface area contributed by atoms with E-state index in [-0.39, 0.29) is 0 Å². The molecule has 0 spiro atoms. The van der Waals surface area contributed by atoms with Gasteiger partial charge in [-0.3, -0.25) is 0 Å². The van der Waals surface area contributed by atoms with E-state index in [9.17, 15) is 0 Å². The second-order valence-electron chi connectivity index (χ2n) is 2.20. The Balaban J connectivity index is 1.71. The summed E-state index contributed by atoms with van der Waals surface area (Å²) in [5.74, 6) is 0. The minimum atomic E-state index is -0.613. The van der Waals surface area contributed by atoms with E-state index in [1.165, 1.54) is 0 Å². The van der Waals surface area contributed by atoms with E-state index in [1.54, 1.807) is 0 Å². The molecule has 2 aliphatic heterocycles. The fourth-order valence-corrected chi connectivity index (χ4v) is 0.921. The lowest BCUT2D eigenvalue weighted by Crippen LogP contribution is -2.31. The van der Waals surface area contributed by atoms with Gasteiger partial charge in [0.2, 0.25) is 0 Å². The molecule has 0 aromatic carbocycles. The molecule has 0 unspecified atom stereocenters. The minimum Gasteiger partial charge on any atom is -0.399 e. The molecule has 5 nitrogen and oxygen atoms in total. The zero-order valence-electron chi connectivity index (χ0n) is 6.02.